The Morgan fingerprint density at radius 3 is 2.83 bits per heavy atom. The molecule has 0 aliphatic heterocycles. The number of hydrogen-bond donors (Lipinski definition) is 2. The highest BCUT2D eigenvalue weighted by Gasteiger charge is 2.13. The summed E-state index contributed by atoms with van der Waals surface area (Å²) in [5.41, 5.74) is 6.84. The molecule has 0 aliphatic rings. The third-order valence-electron chi connectivity index (χ3n) is 2.96. The summed E-state index contributed by atoms with van der Waals surface area (Å²) in [7, 11) is 1.74. The Balaban J connectivity index is 2.56. The van der Waals surface area contributed by atoms with Gasteiger partial charge in [-0.15, -0.1) is 0 Å². The summed E-state index contributed by atoms with van der Waals surface area (Å²) in [5, 5.41) is 3.59. The number of ether oxygens (including phenoxy) is 1. The SMILES string of the molecule is COCC(CCCN)NC(C)c1cccc(Br)c1. The fourth-order valence-corrected chi connectivity index (χ4v) is 2.42. The molecule has 3 N–H and O–H groups in total. The first-order chi connectivity index (χ1) is 8.67. The first-order valence-corrected chi connectivity index (χ1v) is 7.17. The van der Waals surface area contributed by atoms with Crippen LogP contribution in [0.15, 0.2) is 28.7 Å². The highest BCUT2D eigenvalue weighted by Crippen LogP contribution is 2.18. The van der Waals surface area contributed by atoms with Crippen molar-refractivity contribution in [3.63, 3.8) is 0 Å². The van der Waals surface area contributed by atoms with E-state index >= 15 is 0 Å². The molecule has 0 radical (unpaired) electrons. The van der Waals surface area contributed by atoms with Gasteiger partial charge in [0.25, 0.3) is 0 Å². The van der Waals surface area contributed by atoms with Gasteiger partial charge in [0, 0.05) is 23.7 Å². The first-order valence-electron chi connectivity index (χ1n) is 6.38. The Labute approximate surface area is 118 Å². The molecule has 0 heterocycles. The average molecular weight is 315 g/mol. The zero-order chi connectivity index (χ0) is 13.4. The van der Waals surface area contributed by atoms with Crippen molar-refractivity contribution in [3.05, 3.63) is 34.3 Å². The molecular weight excluding hydrogens is 292 g/mol. The molecule has 0 saturated carbocycles. The van der Waals surface area contributed by atoms with E-state index < -0.39 is 0 Å². The number of rotatable bonds is 8. The van der Waals surface area contributed by atoms with Gasteiger partial charge in [0.2, 0.25) is 0 Å². The second-order valence-electron chi connectivity index (χ2n) is 4.53. The largest absolute Gasteiger partial charge is 0.383 e. The Bertz CT molecular complexity index is 346. The fourth-order valence-electron chi connectivity index (χ4n) is 2.01. The molecule has 4 heteroatoms. The summed E-state index contributed by atoms with van der Waals surface area (Å²) < 4.78 is 6.36. The van der Waals surface area contributed by atoms with Gasteiger partial charge < -0.3 is 15.8 Å². The van der Waals surface area contributed by atoms with Crippen molar-refractivity contribution in [2.45, 2.75) is 31.8 Å². The van der Waals surface area contributed by atoms with Gasteiger partial charge in [-0.1, -0.05) is 28.1 Å². The Kier molecular flexibility index (Phi) is 7.51. The molecule has 1 aromatic rings. The molecule has 3 nitrogen and oxygen atoms in total. The topological polar surface area (TPSA) is 47.3 Å². The lowest BCUT2D eigenvalue weighted by Gasteiger charge is -2.23. The minimum absolute atomic E-state index is 0.306. The third kappa shape index (κ3) is 5.48. The van der Waals surface area contributed by atoms with E-state index in [1.54, 1.807) is 7.11 Å². The standard InChI is InChI=1S/C14H23BrN2O/c1-11(12-5-3-6-13(15)9-12)17-14(10-18-2)7-4-8-16/h3,5-6,9,11,14,17H,4,7-8,10,16H2,1-2H3. The monoisotopic (exact) mass is 314 g/mol. The number of methoxy groups -OCH3 is 1. The highest BCUT2D eigenvalue weighted by atomic mass is 79.9. The summed E-state index contributed by atoms with van der Waals surface area (Å²) in [6.45, 7) is 3.62. The Hall–Kier alpha value is -0.420. The highest BCUT2D eigenvalue weighted by molar-refractivity contribution is 9.10. The van der Waals surface area contributed by atoms with E-state index in [-0.39, 0.29) is 0 Å². The van der Waals surface area contributed by atoms with Gasteiger partial charge in [0.15, 0.2) is 0 Å². The van der Waals surface area contributed by atoms with Crippen molar-refractivity contribution in [1.29, 1.82) is 0 Å². The van der Waals surface area contributed by atoms with Crippen LogP contribution < -0.4 is 11.1 Å². The molecule has 0 aliphatic carbocycles. The van der Waals surface area contributed by atoms with Crippen LogP contribution in [0.25, 0.3) is 0 Å². The van der Waals surface area contributed by atoms with Crippen LogP contribution in [0.2, 0.25) is 0 Å². The second-order valence-corrected chi connectivity index (χ2v) is 5.44. The molecule has 0 amide bonds. The maximum atomic E-state index is 5.56. The molecule has 2 unspecified atom stereocenters. The molecule has 102 valence electrons. The molecule has 0 aromatic heterocycles. The maximum absolute atomic E-state index is 5.56. The van der Waals surface area contributed by atoms with Crippen molar-refractivity contribution >= 4 is 15.9 Å². The number of halogens is 1. The molecule has 1 aromatic carbocycles. The quantitative estimate of drug-likeness (QED) is 0.775. The van der Waals surface area contributed by atoms with E-state index in [0.717, 1.165) is 30.5 Å². The second kappa shape index (κ2) is 8.64. The maximum Gasteiger partial charge on any atom is 0.0616 e. The van der Waals surface area contributed by atoms with Crippen LogP contribution in [0.5, 0.6) is 0 Å². The number of hydrogen-bond acceptors (Lipinski definition) is 3. The summed E-state index contributed by atoms with van der Waals surface area (Å²) in [6, 6.07) is 9.03. The molecule has 0 bridgehead atoms. The Morgan fingerprint density at radius 2 is 2.22 bits per heavy atom. The van der Waals surface area contributed by atoms with Gasteiger partial charge in [-0.05, 0) is 44.0 Å². The minimum atomic E-state index is 0.306. The van der Waals surface area contributed by atoms with E-state index in [1.165, 1.54) is 5.56 Å². The molecule has 2 atom stereocenters. The lowest BCUT2D eigenvalue weighted by molar-refractivity contribution is 0.156. The first kappa shape index (κ1) is 15.6. The van der Waals surface area contributed by atoms with E-state index in [1.807, 2.05) is 6.07 Å². The molecular formula is C14H23BrN2O. The van der Waals surface area contributed by atoms with Gasteiger partial charge >= 0.3 is 0 Å². The van der Waals surface area contributed by atoms with E-state index in [9.17, 15) is 0 Å². The summed E-state index contributed by atoms with van der Waals surface area (Å²) >= 11 is 3.50. The average Bonchev–Trinajstić information content (AvgIpc) is 2.36. The van der Waals surface area contributed by atoms with Crippen LogP contribution >= 0.6 is 15.9 Å². The normalized spacial score (nSPS) is 14.4. The van der Waals surface area contributed by atoms with Gasteiger partial charge in [0.05, 0.1) is 6.61 Å². The van der Waals surface area contributed by atoms with Crippen LogP contribution in [-0.2, 0) is 4.74 Å². The van der Waals surface area contributed by atoms with Crippen molar-refractivity contribution in [1.82, 2.24) is 5.32 Å². The minimum Gasteiger partial charge on any atom is -0.383 e. The third-order valence-corrected chi connectivity index (χ3v) is 3.45. The Morgan fingerprint density at radius 1 is 1.44 bits per heavy atom. The van der Waals surface area contributed by atoms with Crippen molar-refractivity contribution in [3.8, 4) is 0 Å². The van der Waals surface area contributed by atoms with Crippen LogP contribution in [-0.4, -0.2) is 26.3 Å². The summed E-state index contributed by atoms with van der Waals surface area (Å²) in [5.74, 6) is 0. The molecule has 1 rings (SSSR count). The predicted molar refractivity (Wildman–Crippen MR) is 79.6 cm³/mol. The lowest BCUT2D eigenvalue weighted by atomic mass is 10.1. The molecule has 0 spiro atoms. The van der Waals surface area contributed by atoms with Gasteiger partial charge in [0.1, 0.15) is 0 Å². The zero-order valence-electron chi connectivity index (χ0n) is 11.2. The number of nitrogens with two attached hydrogens (primary N) is 1. The summed E-state index contributed by atoms with van der Waals surface area (Å²) in [4.78, 5) is 0. The van der Waals surface area contributed by atoms with E-state index in [4.69, 9.17) is 10.5 Å². The van der Waals surface area contributed by atoms with Crippen LogP contribution in [0.1, 0.15) is 31.4 Å². The van der Waals surface area contributed by atoms with Crippen LogP contribution in [0.3, 0.4) is 0 Å². The van der Waals surface area contributed by atoms with Crippen LogP contribution in [0, 0.1) is 0 Å². The van der Waals surface area contributed by atoms with Crippen LogP contribution in [0.4, 0.5) is 0 Å². The van der Waals surface area contributed by atoms with Crippen molar-refractivity contribution < 1.29 is 4.74 Å². The molecule has 18 heavy (non-hydrogen) atoms. The van der Waals surface area contributed by atoms with Crippen molar-refractivity contribution in [2.24, 2.45) is 5.73 Å². The van der Waals surface area contributed by atoms with Gasteiger partial charge in [-0.2, -0.15) is 0 Å². The fraction of sp³-hybridized carbons (Fsp3) is 0.571. The van der Waals surface area contributed by atoms with Gasteiger partial charge in [-0.3, -0.25) is 0 Å². The van der Waals surface area contributed by atoms with Gasteiger partial charge in [-0.25, -0.2) is 0 Å². The number of benzene rings is 1. The predicted octanol–water partition coefficient (Wildman–Crippen LogP) is 2.85. The van der Waals surface area contributed by atoms with E-state index in [0.29, 0.717) is 12.1 Å². The van der Waals surface area contributed by atoms with Crippen molar-refractivity contribution in [2.75, 3.05) is 20.3 Å². The zero-order valence-corrected chi connectivity index (χ0v) is 12.7. The smallest absolute Gasteiger partial charge is 0.0616 e. The summed E-state index contributed by atoms with van der Waals surface area (Å²) in [6.07, 6.45) is 2.06. The van der Waals surface area contributed by atoms with E-state index in [2.05, 4.69) is 46.4 Å². The number of nitrogens with one attached hydrogen (secondary N) is 1. The molecule has 0 saturated heterocycles. The molecule has 0 fully saturated rings. The lowest BCUT2D eigenvalue weighted by Crippen LogP contribution is -2.35.